The van der Waals surface area contributed by atoms with Crippen molar-refractivity contribution in [1.29, 1.82) is 0 Å². The molecular weight excluding hydrogens is 496 g/mol. The summed E-state index contributed by atoms with van der Waals surface area (Å²) in [6.45, 7) is 2.19. The number of hydrogen-bond donors (Lipinski definition) is 5. The van der Waals surface area contributed by atoms with Crippen molar-refractivity contribution in [2.45, 2.75) is 88.8 Å². The van der Waals surface area contributed by atoms with Crippen molar-refractivity contribution in [2.24, 2.45) is 0 Å². The minimum atomic E-state index is -2.94. The highest BCUT2D eigenvalue weighted by atomic mass is 16.8. The van der Waals surface area contributed by atoms with Gasteiger partial charge in [0.15, 0.2) is 18.5 Å². The Labute approximate surface area is 204 Å². The number of carbonyl (C=O) groups excluding carboxylic acids is 4. The number of hydrogen-bond acceptors (Lipinski definition) is 16. The molecular formula is C20H30O16. The van der Waals surface area contributed by atoms with E-state index < -0.39 is 98.2 Å². The maximum absolute atomic E-state index is 11.8. The fourth-order valence-electron chi connectivity index (χ4n) is 3.78. The molecule has 2 rings (SSSR count). The van der Waals surface area contributed by atoms with E-state index in [0.29, 0.717) is 0 Å². The van der Waals surface area contributed by atoms with Gasteiger partial charge in [0, 0.05) is 27.7 Å². The summed E-state index contributed by atoms with van der Waals surface area (Å²) in [7, 11) is 0. The average Bonchev–Trinajstić information content (AvgIpc) is 3.03. The molecule has 0 aromatic rings. The number of carbonyl (C=O) groups is 4. The van der Waals surface area contributed by atoms with Crippen molar-refractivity contribution in [3.63, 3.8) is 0 Å². The van der Waals surface area contributed by atoms with Gasteiger partial charge in [0.05, 0.1) is 13.2 Å². The van der Waals surface area contributed by atoms with E-state index in [1.54, 1.807) is 0 Å². The molecule has 0 aliphatic carbocycles. The van der Waals surface area contributed by atoms with Gasteiger partial charge in [-0.05, 0) is 0 Å². The molecule has 0 saturated carbocycles. The third-order valence-corrected chi connectivity index (χ3v) is 5.18. The minimum absolute atomic E-state index is 0.822. The molecule has 0 radical (unpaired) electrons. The molecule has 0 spiro atoms. The SMILES string of the molecule is CC(=O)OC(O[C@H]1O[C@H](CO)[C@@H](OC(C)=O)[C@H](O)[C@H]1O)[C@@]1(O)O[C@H](CO)[C@@H](OC(C)=O)[C@@H]1OC(C)=O. The highest BCUT2D eigenvalue weighted by Crippen LogP contribution is 2.39. The second-order valence-corrected chi connectivity index (χ2v) is 8.05. The second kappa shape index (κ2) is 12.2. The van der Waals surface area contributed by atoms with Gasteiger partial charge in [-0.2, -0.15) is 0 Å². The highest BCUT2D eigenvalue weighted by Gasteiger charge is 2.65. The van der Waals surface area contributed by atoms with Crippen LogP contribution < -0.4 is 0 Å². The van der Waals surface area contributed by atoms with Gasteiger partial charge in [-0.1, -0.05) is 0 Å². The van der Waals surface area contributed by atoms with Crippen LogP contribution in [0.5, 0.6) is 0 Å². The first kappa shape index (κ1) is 29.8. The van der Waals surface area contributed by atoms with Crippen LogP contribution in [0.3, 0.4) is 0 Å². The predicted molar refractivity (Wildman–Crippen MR) is 108 cm³/mol. The Morgan fingerprint density at radius 1 is 0.806 bits per heavy atom. The Balaban J connectivity index is 2.43. The van der Waals surface area contributed by atoms with Crippen LogP contribution in [0.25, 0.3) is 0 Å². The first-order valence-corrected chi connectivity index (χ1v) is 10.7. The van der Waals surface area contributed by atoms with Gasteiger partial charge >= 0.3 is 23.9 Å². The number of rotatable bonds is 9. The van der Waals surface area contributed by atoms with Crippen LogP contribution in [-0.2, 0) is 52.3 Å². The lowest BCUT2D eigenvalue weighted by atomic mass is 9.98. The van der Waals surface area contributed by atoms with Crippen LogP contribution in [0.2, 0.25) is 0 Å². The van der Waals surface area contributed by atoms with E-state index in [-0.39, 0.29) is 0 Å². The van der Waals surface area contributed by atoms with Gasteiger partial charge in [0.2, 0.25) is 6.10 Å². The summed E-state index contributed by atoms with van der Waals surface area (Å²) in [4.78, 5) is 46.5. The van der Waals surface area contributed by atoms with Gasteiger partial charge in [0.1, 0.15) is 24.4 Å². The fraction of sp³-hybridized carbons (Fsp3) is 0.800. The molecule has 2 fully saturated rings. The molecule has 206 valence electrons. The molecule has 2 heterocycles. The van der Waals surface area contributed by atoms with Crippen molar-refractivity contribution in [1.82, 2.24) is 0 Å². The zero-order valence-corrected chi connectivity index (χ0v) is 19.8. The molecule has 36 heavy (non-hydrogen) atoms. The van der Waals surface area contributed by atoms with Crippen molar-refractivity contribution in [3.8, 4) is 0 Å². The monoisotopic (exact) mass is 526 g/mol. The van der Waals surface area contributed by atoms with Crippen LogP contribution >= 0.6 is 0 Å². The largest absolute Gasteiger partial charge is 0.457 e. The van der Waals surface area contributed by atoms with Gasteiger partial charge in [-0.3, -0.25) is 19.2 Å². The van der Waals surface area contributed by atoms with Crippen molar-refractivity contribution < 1.29 is 77.9 Å². The Bertz CT molecular complexity index is 816. The lowest BCUT2D eigenvalue weighted by molar-refractivity contribution is -0.395. The summed E-state index contributed by atoms with van der Waals surface area (Å²) in [5, 5.41) is 51.5. The zero-order valence-electron chi connectivity index (χ0n) is 19.8. The van der Waals surface area contributed by atoms with E-state index >= 15 is 0 Å². The molecule has 2 saturated heterocycles. The third kappa shape index (κ3) is 6.65. The Morgan fingerprint density at radius 2 is 1.33 bits per heavy atom. The molecule has 2 aliphatic rings. The normalized spacial score (nSPS) is 37.0. The maximum Gasteiger partial charge on any atom is 0.305 e. The second-order valence-electron chi connectivity index (χ2n) is 8.05. The van der Waals surface area contributed by atoms with Gasteiger partial charge in [-0.15, -0.1) is 0 Å². The first-order chi connectivity index (χ1) is 16.7. The molecule has 0 bridgehead atoms. The van der Waals surface area contributed by atoms with Crippen molar-refractivity contribution >= 4 is 23.9 Å². The molecule has 16 heteroatoms. The smallest absolute Gasteiger partial charge is 0.305 e. The number of ether oxygens (including phenoxy) is 7. The van der Waals surface area contributed by atoms with Crippen molar-refractivity contribution in [3.05, 3.63) is 0 Å². The molecule has 16 nitrogen and oxygen atoms in total. The molecule has 1 unspecified atom stereocenters. The van der Waals surface area contributed by atoms with Crippen LogP contribution in [0.15, 0.2) is 0 Å². The standard InChI is InChI=1S/C20H30O16/c1-7(23)30-15-11(5-21)34-18(14(28)13(15)27)35-19(33-10(4)26)20(29)17(32-9(3)25)16(31-8(2)24)12(6-22)36-20/h11-19,21-22,27-29H,5-6H2,1-4H3/t11-,12-,13-,14-,15-,16-,17+,18-,19?,20+/m1/s1. The van der Waals surface area contributed by atoms with E-state index in [9.17, 15) is 44.7 Å². The van der Waals surface area contributed by atoms with E-state index in [0.717, 1.165) is 27.7 Å². The summed E-state index contributed by atoms with van der Waals surface area (Å²) in [6, 6.07) is 0. The van der Waals surface area contributed by atoms with E-state index in [1.165, 1.54) is 0 Å². The average molecular weight is 526 g/mol. The Kier molecular flexibility index (Phi) is 10.1. The zero-order chi connectivity index (χ0) is 27.4. The summed E-state index contributed by atoms with van der Waals surface area (Å²) >= 11 is 0. The minimum Gasteiger partial charge on any atom is -0.457 e. The summed E-state index contributed by atoms with van der Waals surface area (Å²) in [6.07, 6.45) is -16.1. The number of aliphatic hydroxyl groups is 5. The van der Waals surface area contributed by atoms with Crippen LogP contribution in [0.1, 0.15) is 27.7 Å². The molecule has 0 amide bonds. The maximum atomic E-state index is 11.8. The molecule has 2 aliphatic heterocycles. The third-order valence-electron chi connectivity index (χ3n) is 5.18. The van der Waals surface area contributed by atoms with Crippen LogP contribution in [0, 0.1) is 0 Å². The van der Waals surface area contributed by atoms with Crippen LogP contribution in [-0.4, -0.2) is 124 Å². The topological polar surface area (TPSA) is 234 Å². The predicted octanol–water partition coefficient (Wildman–Crippen LogP) is -3.79. The van der Waals surface area contributed by atoms with E-state index in [1.807, 2.05) is 0 Å². The number of aliphatic hydroxyl groups excluding tert-OH is 4. The molecule has 10 atom stereocenters. The quantitative estimate of drug-likeness (QED) is 0.110. The summed E-state index contributed by atoms with van der Waals surface area (Å²) in [5.41, 5.74) is 0. The molecule has 0 aromatic carbocycles. The first-order valence-electron chi connectivity index (χ1n) is 10.7. The van der Waals surface area contributed by atoms with Gasteiger partial charge in [0.25, 0.3) is 12.1 Å². The molecule has 5 N–H and O–H groups in total. The summed E-state index contributed by atoms with van der Waals surface area (Å²) in [5.74, 6) is -6.76. The molecule has 0 aromatic heterocycles. The number of esters is 4. The van der Waals surface area contributed by atoms with Crippen molar-refractivity contribution in [2.75, 3.05) is 13.2 Å². The fourth-order valence-corrected chi connectivity index (χ4v) is 3.78. The van der Waals surface area contributed by atoms with Crippen LogP contribution in [0.4, 0.5) is 0 Å². The Hall–Kier alpha value is -2.44. The van der Waals surface area contributed by atoms with E-state index in [2.05, 4.69) is 0 Å². The highest BCUT2D eigenvalue weighted by molar-refractivity contribution is 5.68. The van der Waals surface area contributed by atoms with Gasteiger partial charge in [-0.25, -0.2) is 0 Å². The Morgan fingerprint density at radius 3 is 1.81 bits per heavy atom. The lowest BCUT2D eigenvalue weighted by Gasteiger charge is -2.43. The van der Waals surface area contributed by atoms with Gasteiger partial charge < -0.3 is 58.7 Å². The lowest BCUT2D eigenvalue weighted by Crippen LogP contribution is -2.63. The van der Waals surface area contributed by atoms with E-state index in [4.69, 9.17) is 33.2 Å². The summed E-state index contributed by atoms with van der Waals surface area (Å²) < 4.78 is 36.0.